The van der Waals surface area contributed by atoms with Crippen molar-refractivity contribution in [2.45, 2.75) is 52.0 Å². The van der Waals surface area contributed by atoms with Crippen LogP contribution in [0.3, 0.4) is 0 Å². The average molecular weight is 305 g/mol. The predicted molar refractivity (Wildman–Crippen MR) is 82.9 cm³/mol. The minimum absolute atomic E-state index is 0.0167. The number of aryl methyl sites for hydroxylation is 1. The topological polar surface area (TPSA) is 63.8 Å². The van der Waals surface area contributed by atoms with Crippen LogP contribution in [0.15, 0.2) is 15.3 Å². The Morgan fingerprint density at radius 3 is 3.00 bits per heavy atom. The zero-order chi connectivity index (χ0) is 14.8. The van der Waals surface area contributed by atoms with Gasteiger partial charge in [0.05, 0.1) is 0 Å². The van der Waals surface area contributed by atoms with E-state index in [1.54, 1.807) is 0 Å². The summed E-state index contributed by atoms with van der Waals surface area (Å²) in [4.78, 5) is 12.9. The van der Waals surface area contributed by atoms with Crippen molar-refractivity contribution in [2.24, 2.45) is 0 Å². The quantitative estimate of drug-likeness (QED) is 0.680. The number of fused-ring (bicyclic) bond motifs is 1. The van der Waals surface area contributed by atoms with Gasteiger partial charge in [-0.2, -0.15) is 0 Å². The molecule has 0 saturated heterocycles. The molecule has 112 valence electrons. The molecule has 2 aromatic heterocycles. The highest BCUT2D eigenvalue weighted by molar-refractivity contribution is 7.71. The first-order valence-corrected chi connectivity index (χ1v) is 7.93. The highest BCUT2D eigenvalue weighted by atomic mass is 32.1. The second-order valence-corrected chi connectivity index (χ2v) is 5.84. The maximum Gasteiger partial charge on any atom is 0.284 e. The summed E-state index contributed by atoms with van der Waals surface area (Å²) >= 11 is 4.90. The summed E-state index contributed by atoms with van der Waals surface area (Å²) in [6.45, 7) is 2.94. The smallest absolute Gasteiger partial charge is 0.284 e. The van der Waals surface area contributed by atoms with Gasteiger partial charge in [-0.25, -0.2) is 5.10 Å². The van der Waals surface area contributed by atoms with Gasteiger partial charge in [0.25, 0.3) is 16.3 Å². The van der Waals surface area contributed by atoms with Crippen LogP contribution in [-0.4, -0.2) is 14.8 Å². The van der Waals surface area contributed by atoms with Crippen LogP contribution in [0.4, 0.5) is 0 Å². The Labute approximate surface area is 128 Å². The molecular formula is C15H19N3O2S. The summed E-state index contributed by atoms with van der Waals surface area (Å²) in [7, 11) is 0. The first-order chi connectivity index (χ1) is 10.2. The molecule has 2 heterocycles. The third-order valence-electron chi connectivity index (χ3n) is 4.00. The van der Waals surface area contributed by atoms with Crippen LogP contribution in [-0.2, 0) is 19.4 Å². The number of H-pyrrole nitrogens is 1. The van der Waals surface area contributed by atoms with E-state index in [0.717, 1.165) is 45.1 Å². The van der Waals surface area contributed by atoms with E-state index >= 15 is 0 Å². The highest BCUT2D eigenvalue weighted by Crippen LogP contribution is 2.25. The fourth-order valence-electron chi connectivity index (χ4n) is 2.97. The molecule has 6 heteroatoms. The molecule has 1 N–H and O–H groups in total. The monoisotopic (exact) mass is 305 g/mol. The molecule has 0 aromatic carbocycles. The summed E-state index contributed by atoms with van der Waals surface area (Å²) < 4.78 is 7.24. The van der Waals surface area contributed by atoms with Crippen LogP contribution in [0, 0.1) is 4.84 Å². The van der Waals surface area contributed by atoms with Crippen LogP contribution < -0.4 is 5.56 Å². The molecule has 21 heavy (non-hydrogen) atoms. The van der Waals surface area contributed by atoms with E-state index in [1.165, 1.54) is 11.3 Å². The van der Waals surface area contributed by atoms with E-state index in [-0.39, 0.29) is 10.4 Å². The number of hydrogen-bond acceptors (Lipinski definition) is 4. The molecule has 2 aromatic rings. The van der Waals surface area contributed by atoms with Gasteiger partial charge in [0, 0.05) is 12.2 Å². The third-order valence-corrected chi connectivity index (χ3v) is 4.18. The predicted octanol–water partition coefficient (Wildman–Crippen LogP) is 3.24. The van der Waals surface area contributed by atoms with Gasteiger partial charge in [0.15, 0.2) is 0 Å². The molecule has 0 aliphatic heterocycles. The number of rotatable bonds is 5. The van der Waals surface area contributed by atoms with Crippen molar-refractivity contribution in [3.8, 4) is 11.5 Å². The summed E-state index contributed by atoms with van der Waals surface area (Å²) in [5.74, 6) is 0.295. The highest BCUT2D eigenvalue weighted by Gasteiger charge is 2.21. The molecule has 0 saturated carbocycles. The summed E-state index contributed by atoms with van der Waals surface area (Å²) in [6.07, 6.45) is 6.41. The van der Waals surface area contributed by atoms with Gasteiger partial charge in [-0.15, -0.1) is 5.10 Å². The van der Waals surface area contributed by atoms with E-state index in [0.29, 0.717) is 11.5 Å². The van der Waals surface area contributed by atoms with E-state index in [4.69, 9.17) is 16.6 Å². The molecule has 0 fully saturated rings. The maximum atomic E-state index is 12.7. The van der Waals surface area contributed by atoms with Gasteiger partial charge < -0.3 is 8.98 Å². The van der Waals surface area contributed by atoms with Crippen molar-refractivity contribution in [1.29, 1.82) is 0 Å². The van der Waals surface area contributed by atoms with Crippen molar-refractivity contribution >= 4 is 12.2 Å². The normalized spacial score (nSPS) is 13.6. The molecule has 0 unspecified atom stereocenters. The molecule has 3 rings (SSSR count). The van der Waals surface area contributed by atoms with Crippen LogP contribution in [0.5, 0.6) is 0 Å². The Balaban J connectivity index is 2.08. The average Bonchev–Trinajstić information content (AvgIpc) is 3.09. The largest absolute Gasteiger partial charge is 0.409 e. The van der Waals surface area contributed by atoms with Crippen LogP contribution >= 0.6 is 12.2 Å². The zero-order valence-electron chi connectivity index (χ0n) is 12.1. The Morgan fingerprint density at radius 2 is 2.29 bits per heavy atom. The first-order valence-electron chi connectivity index (χ1n) is 7.52. The van der Waals surface area contributed by atoms with E-state index in [1.807, 2.05) is 10.6 Å². The first kappa shape index (κ1) is 14.3. The molecule has 0 amide bonds. The van der Waals surface area contributed by atoms with Crippen molar-refractivity contribution in [1.82, 2.24) is 14.8 Å². The fourth-order valence-corrected chi connectivity index (χ4v) is 3.10. The molecule has 1 aliphatic rings. The minimum atomic E-state index is -0.0167. The van der Waals surface area contributed by atoms with Gasteiger partial charge in [0.2, 0.25) is 0 Å². The zero-order valence-corrected chi connectivity index (χ0v) is 13.0. The van der Waals surface area contributed by atoms with Gasteiger partial charge in [-0.3, -0.25) is 4.79 Å². The second-order valence-electron chi connectivity index (χ2n) is 5.47. The number of pyridine rings is 1. The second kappa shape index (κ2) is 5.97. The number of aromatic nitrogens is 3. The molecule has 5 nitrogen and oxygen atoms in total. The van der Waals surface area contributed by atoms with Gasteiger partial charge in [-0.1, -0.05) is 19.8 Å². The lowest BCUT2D eigenvalue weighted by Crippen LogP contribution is -2.25. The number of nitrogens with zero attached hydrogens (tertiary/aromatic N) is 2. The van der Waals surface area contributed by atoms with Crippen molar-refractivity contribution in [3.05, 3.63) is 32.5 Å². The number of nitrogens with one attached hydrogen (secondary N) is 1. The molecular weight excluding hydrogens is 286 g/mol. The van der Waals surface area contributed by atoms with Crippen LogP contribution in [0.25, 0.3) is 11.5 Å². The van der Waals surface area contributed by atoms with Gasteiger partial charge in [-0.05, 0) is 49.5 Å². The standard InChI is InChI=1S/C15H19N3O2S/c1-2-3-4-8-18-12-7-5-6-10(12)9-11(14(18)19)13-16-17-15(21)20-13/h9H,2-8H2,1H3,(H,17,21). The SMILES string of the molecule is CCCCCn1c2c(cc(-c3n[nH]c(=S)o3)c1=O)CCC2. The van der Waals surface area contributed by atoms with E-state index in [9.17, 15) is 4.79 Å². The van der Waals surface area contributed by atoms with Gasteiger partial charge in [0.1, 0.15) is 5.56 Å². The van der Waals surface area contributed by atoms with Crippen LogP contribution in [0.2, 0.25) is 0 Å². The van der Waals surface area contributed by atoms with Crippen molar-refractivity contribution < 1.29 is 4.42 Å². The minimum Gasteiger partial charge on any atom is -0.409 e. The Kier molecular flexibility index (Phi) is 4.05. The molecule has 0 radical (unpaired) electrons. The van der Waals surface area contributed by atoms with Crippen molar-refractivity contribution in [3.63, 3.8) is 0 Å². The molecule has 0 bridgehead atoms. The lowest BCUT2D eigenvalue weighted by molar-refractivity contribution is 0.544. The number of unbranched alkanes of at least 4 members (excludes halogenated alkanes) is 2. The molecule has 0 atom stereocenters. The van der Waals surface area contributed by atoms with E-state index in [2.05, 4.69) is 17.1 Å². The maximum absolute atomic E-state index is 12.7. The summed E-state index contributed by atoms with van der Waals surface area (Å²) in [5, 5.41) is 6.58. The molecule has 0 spiro atoms. The summed E-state index contributed by atoms with van der Waals surface area (Å²) in [6, 6.07) is 1.93. The Hall–Kier alpha value is -1.69. The number of aromatic amines is 1. The Bertz CT molecular complexity index is 757. The number of hydrogen-bond donors (Lipinski definition) is 1. The third kappa shape index (κ3) is 2.72. The Morgan fingerprint density at radius 1 is 1.43 bits per heavy atom. The van der Waals surface area contributed by atoms with Crippen LogP contribution in [0.1, 0.15) is 43.9 Å². The van der Waals surface area contributed by atoms with E-state index < -0.39 is 0 Å². The molecule has 1 aliphatic carbocycles. The lowest BCUT2D eigenvalue weighted by atomic mass is 10.1. The van der Waals surface area contributed by atoms with Crippen molar-refractivity contribution in [2.75, 3.05) is 0 Å². The van der Waals surface area contributed by atoms with Gasteiger partial charge >= 0.3 is 0 Å². The fraction of sp³-hybridized carbons (Fsp3) is 0.533. The lowest BCUT2D eigenvalue weighted by Gasteiger charge is -2.13. The summed E-state index contributed by atoms with van der Waals surface area (Å²) in [5.41, 5.74) is 2.93.